The molecule has 0 radical (unpaired) electrons. The van der Waals surface area contributed by atoms with Crippen molar-refractivity contribution in [3.8, 4) is 0 Å². The number of amides is 2. The van der Waals surface area contributed by atoms with Gasteiger partial charge >= 0.3 is 18.5 Å². The highest BCUT2D eigenvalue weighted by atomic mass is 32.1. The highest BCUT2D eigenvalue weighted by Crippen LogP contribution is 2.42. The fraction of sp³-hybridized carbons (Fsp3) is 0.422. The van der Waals surface area contributed by atoms with Crippen LogP contribution >= 0.6 is 35.8 Å². The molecule has 3 saturated heterocycles. The Balaban J connectivity index is 0.000000168. The summed E-state index contributed by atoms with van der Waals surface area (Å²) in [7, 11) is 0. The smallest absolute Gasteiger partial charge is 0.370 e. The van der Waals surface area contributed by atoms with Gasteiger partial charge in [-0.3, -0.25) is 19.9 Å². The van der Waals surface area contributed by atoms with Crippen LogP contribution in [-0.2, 0) is 18.5 Å². The summed E-state index contributed by atoms with van der Waals surface area (Å²) in [6.07, 6.45) is 7.72. The molecule has 0 spiro atoms. The minimum Gasteiger partial charge on any atom is -0.370 e. The number of anilines is 6. The van der Waals surface area contributed by atoms with Crippen molar-refractivity contribution in [2.45, 2.75) is 121 Å². The van der Waals surface area contributed by atoms with Gasteiger partial charge in [-0.2, -0.15) is 50.9 Å². The Bertz CT molecular complexity index is 3170. The minimum atomic E-state index is -4.47. The molecule has 3 aliphatic heterocycles. The van der Waals surface area contributed by atoms with Gasteiger partial charge in [0.25, 0.3) is 11.8 Å². The van der Waals surface area contributed by atoms with Gasteiger partial charge in [-0.05, 0) is 141 Å². The summed E-state index contributed by atoms with van der Waals surface area (Å²) in [5, 5.41) is 14.5. The lowest BCUT2D eigenvalue weighted by atomic mass is 9.75. The summed E-state index contributed by atoms with van der Waals surface area (Å²) in [6.45, 7) is 4.86. The Kier molecular flexibility index (Phi) is 23.3. The number of carbonyl (C=O) groups is 2. The number of piperidine rings is 1. The third-order valence-corrected chi connectivity index (χ3v) is 17.2. The Morgan fingerprint density at radius 2 is 0.930 bits per heavy atom. The topological polar surface area (TPSA) is 105 Å². The fourth-order valence-corrected chi connectivity index (χ4v) is 12.5. The van der Waals surface area contributed by atoms with Crippen LogP contribution in [-0.4, -0.2) is 66.2 Å². The van der Waals surface area contributed by atoms with Gasteiger partial charge in [0.1, 0.15) is 4.99 Å². The standard InChI is InChI=1S/C23H25F3N2S.C21H24F3N3O.C20H22F3N3OS2/c24-23(25,26)19-10-11-21(28-13-12-16-6-4-5-9-18(16)15-28)20(14-19)27-22(29)17-7-2-1-3-8-17;22-21(23,24)17-7-8-19(27-13-5-3-1-2-4-6-14-27)18(15-17)26-20(28)16-9-11-25-12-10-16;21-20(22,23)15-6-7-17(26-9-4-2-1-3-5-10-26)16(12-15)24-19(28)25-18(27)14-8-11-29-13-14/h1-3,7-8,10-11,14,16,18H,4-6,9,12-13,15H2,(H,27,29);7-12,15H,1-6,13-14H2,(H,26,28);6-8,11-13H,1-5,9-10H2,(H2,24,25,27,28)/t16-,18-;;/m1../s1. The number of carbonyl (C=O) groups excluding carboxylic acids is 2. The van der Waals surface area contributed by atoms with E-state index in [-0.39, 0.29) is 16.5 Å². The average molecular weight is 1250 g/mol. The van der Waals surface area contributed by atoms with Crippen LogP contribution < -0.4 is 36.0 Å². The first-order valence-corrected chi connectivity index (χ1v) is 31.1. The number of benzene rings is 4. The van der Waals surface area contributed by atoms with E-state index < -0.39 is 47.0 Å². The van der Waals surface area contributed by atoms with Gasteiger partial charge in [0, 0.05) is 68.2 Å². The molecule has 1 aliphatic carbocycles. The molecule has 4 N–H and O–H groups in total. The van der Waals surface area contributed by atoms with Crippen LogP contribution in [0.2, 0.25) is 0 Å². The van der Waals surface area contributed by atoms with Gasteiger partial charge < -0.3 is 30.7 Å². The molecule has 5 heterocycles. The number of rotatable bonds is 9. The number of alkyl halides is 9. The van der Waals surface area contributed by atoms with E-state index in [0.29, 0.717) is 39.1 Å². The molecule has 0 unspecified atom stereocenters. The van der Waals surface area contributed by atoms with Crippen molar-refractivity contribution in [3.05, 3.63) is 160 Å². The lowest BCUT2D eigenvalue weighted by molar-refractivity contribution is -0.138. The third kappa shape index (κ3) is 18.9. The highest BCUT2D eigenvalue weighted by Gasteiger charge is 2.36. The fourth-order valence-electron chi connectivity index (χ4n) is 11.4. The predicted octanol–water partition coefficient (Wildman–Crippen LogP) is 17.7. The van der Waals surface area contributed by atoms with Crippen molar-refractivity contribution in [1.82, 2.24) is 10.3 Å². The van der Waals surface area contributed by atoms with E-state index in [9.17, 15) is 49.1 Å². The van der Waals surface area contributed by atoms with Crippen LogP contribution in [0, 0.1) is 11.8 Å². The maximum atomic E-state index is 13.3. The van der Waals surface area contributed by atoms with Crippen LogP contribution in [0.3, 0.4) is 0 Å². The van der Waals surface area contributed by atoms with Gasteiger partial charge in [0.15, 0.2) is 5.11 Å². The van der Waals surface area contributed by atoms with Gasteiger partial charge in [-0.15, -0.1) is 0 Å². The van der Waals surface area contributed by atoms with E-state index in [1.807, 2.05) is 30.3 Å². The molecule has 2 aromatic heterocycles. The third-order valence-electron chi connectivity index (χ3n) is 16.0. The Morgan fingerprint density at radius 1 is 0.465 bits per heavy atom. The van der Waals surface area contributed by atoms with Crippen molar-refractivity contribution < 1.29 is 49.1 Å². The molecule has 6 aromatic rings. The number of hydrogen-bond acceptors (Lipinski definition) is 9. The van der Waals surface area contributed by atoms with E-state index >= 15 is 0 Å². The van der Waals surface area contributed by atoms with Gasteiger partial charge in [0.05, 0.1) is 56.4 Å². The van der Waals surface area contributed by atoms with Crippen LogP contribution in [0.5, 0.6) is 0 Å². The van der Waals surface area contributed by atoms with E-state index in [0.717, 1.165) is 138 Å². The van der Waals surface area contributed by atoms with Crippen LogP contribution in [0.4, 0.5) is 73.6 Å². The second kappa shape index (κ2) is 30.7. The second-order valence-electron chi connectivity index (χ2n) is 22.0. The Labute approximate surface area is 511 Å². The summed E-state index contributed by atoms with van der Waals surface area (Å²) in [6, 6.07) is 25.2. The van der Waals surface area contributed by atoms with Crippen LogP contribution in [0.15, 0.2) is 126 Å². The number of fused-ring (bicyclic) bond motifs is 1. The molecule has 0 bridgehead atoms. The largest absolute Gasteiger partial charge is 0.416 e. The van der Waals surface area contributed by atoms with E-state index in [4.69, 9.17) is 24.4 Å². The number of thiocarbonyl (C=S) groups is 2. The van der Waals surface area contributed by atoms with Crippen molar-refractivity contribution >= 4 is 91.8 Å². The maximum Gasteiger partial charge on any atom is 0.416 e. The normalized spacial score (nSPS) is 17.8. The molecule has 4 aromatic carbocycles. The van der Waals surface area contributed by atoms with E-state index in [1.54, 1.807) is 22.9 Å². The van der Waals surface area contributed by atoms with Gasteiger partial charge in [0.2, 0.25) is 0 Å². The average Bonchev–Trinajstić information content (AvgIpc) is 1.65. The molecule has 4 fully saturated rings. The first-order valence-electron chi connectivity index (χ1n) is 29.3. The SMILES string of the molecule is FC(F)(F)c1ccc(N2CC[C@H]3CCCC[C@@H]3C2)c(NC(=S)c2ccccc2)c1.O=C(NC(=S)Nc1cc(C(F)(F)F)ccc1N1CCCCCCC1)c1ccsc1.O=C(Nc1cc(C(F)(F)F)ccc1N1CCCCCCCC1)c1ccncc1. The monoisotopic (exact) mass is 1250 g/mol. The summed E-state index contributed by atoms with van der Waals surface area (Å²) in [5.41, 5.74) is 2.37. The minimum absolute atomic E-state index is 0.0335. The molecule has 10 rings (SSSR count). The Hall–Kier alpha value is -6.78. The zero-order chi connectivity index (χ0) is 61.3. The van der Waals surface area contributed by atoms with Crippen molar-refractivity contribution in [3.63, 3.8) is 0 Å². The molecule has 22 heteroatoms. The molecular formula is C64H71F9N8O2S3. The lowest BCUT2D eigenvalue weighted by Gasteiger charge is -2.43. The summed E-state index contributed by atoms with van der Waals surface area (Å²) in [4.78, 5) is 35.4. The van der Waals surface area contributed by atoms with Gasteiger partial charge in [-0.25, -0.2) is 0 Å². The molecule has 10 nitrogen and oxygen atoms in total. The lowest BCUT2D eigenvalue weighted by Crippen LogP contribution is -2.42. The maximum absolute atomic E-state index is 13.3. The van der Waals surface area contributed by atoms with Crippen molar-refractivity contribution in [1.29, 1.82) is 0 Å². The molecular weight excluding hydrogens is 1180 g/mol. The number of nitrogens with one attached hydrogen (secondary N) is 4. The number of nitrogens with zero attached hydrogens (tertiary/aromatic N) is 4. The zero-order valence-corrected chi connectivity index (χ0v) is 50.0. The molecule has 2 amide bonds. The molecule has 2 atom stereocenters. The first kappa shape index (κ1) is 65.2. The second-order valence-corrected chi connectivity index (χ2v) is 23.6. The predicted molar refractivity (Wildman–Crippen MR) is 334 cm³/mol. The first-order chi connectivity index (χ1) is 41.2. The molecule has 4 aliphatic rings. The van der Waals surface area contributed by atoms with Crippen LogP contribution in [0.25, 0.3) is 0 Å². The molecule has 1 saturated carbocycles. The number of pyridine rings is 1. The zero-order valence-electron chi connectivity index (χ0n) is 47.6. The van der Waals surface area contributed by atoms with Crippen LogP contribution in [0.1, 0.15) is 146 Å². The Morgan fingerprint density at radius 3 is 1.42 bits per heavy atom. The number of aromatic nitrogens is 1. The van der Waals surface area contributed by atoms with Crippen molar-refractivity contribution in [2.75, 3.05) is 69.9 Å². The summed E-state index contributed by atoms with van der Waals surface area (Å²) in [5.74, 6) is 0.542. The molecule has 86 heavy (non-hydrogen) atoms. The summed E-state index contributed by atoms with van der Waals surface area (Å²) < 4.78 is 120. The molecule has 460 valence electrons. The quantitative estimate of drug-likeness (QED) is 0.0826. The van der Waals surface area contributed by atoms with E-state index in [2.05, 4.69) is 41.0 Å². The highest BCUT2D eigenvalue weighted by molar-refractivity contribution is 7.81. The number of hydrogen-bond donors (Lipinski definition) is 4. The van der Waals surface area contributed by atoms with Crippen molar-refractivity contribution in [2.24, 2.45) is 11.8 Å². The number of thiophene rings is 1. The van der Waals surface area contributed by atoms with Gasteiger partial charge in [-0.1, -0.05) is 107 Å². The summed E-state index contributed by atoms with van der Waals surface area (Å²) >= 11 is 12.0. The number of halogens is 9. The van der Waals surface area contributed by atoms with E-state index in [1.165, 1.54) is 105 Å².